The first-order valence-electron chi connectivity index (χ1n) is 6.68. The summed E-state index contributed by atoms with van der Waals surface area (Å²) in [6.45, 7) is 4.06. The summed E-state index contributed by atoms with van der Waals surface area (Å²) in [4.78, 5) is 24.9. The van der Waals surface area contributed by atoms with Gasteiger partial charge in [-0.25, -0.2) is 0 Å². The van der Waals surface area contributed by atoms with Gasteiger partial charge in [-0.15, -0.1) is 0 Å². The zero-order chi connectivity index (χ0) is 14.9. The summed E-state index contributed by atoms with van der Waals surface area (Å²) in [5.41, 5.74) is 0.300. The van der Waals surface area contributed by atoms with E-state index in [1.807, 2.05) is 18.7 Å². The van der Waals surface area contributed by atoms with Gasteiger partial charge in [0.2, 0.25) is 0 Å². The molecular weight excluding hydrogens is 324 g/mol. The maximum absolute atomic E-state index is 12.6. The number of nitro benzene ring substituents is 1. The molecule has 1 heterocycles. The van der Waals surface area contributed by atoms with Gasteiger partial charge in [0.05, 0.1) is 9.40 Å². The maximum Gasteiger partial charge on any atom is 0.284 e. The van der Waals surface area contributed by atoms with Crippen LogP contribution in [0.15, 0.2) is 22.7 Å². The Balaban J connectivity index is 2.33. The van der Waals surface area contributed by atoms with Gasteiger partial charge in [0.15, 0.2) is 0 Å². The first-order chi connectivity index (χ1) is 9.41. The molecule has 0 saturated carbocycles. The summed E-state index contributed by atoms with van der Waals surface area (Å²) in [7, 11) is 0. The molecule has 1 saturated heterocycles. The Morgan fingerprint density at radius 3 is 2.50 bits per heavy atom. The quantitative estimate of drug-likeness (QED) is 0.608. The molecule has 0 radical (unpaired) electrons. The first-order valence-corrected chi connectivity index (χ1v) is 7.47. The van der Waals surface area contributed by atoms with Crippen LogP contribution in [-0.2, 0) is 0 Å². The zero-order valence-corrected chi connectivity index (χ0v) is 13.1. The number of carbonyl (C=O) groups is 1. The van der Waals surface area contributed by atoms with Crippen LogP contribution in [0.25, 0.3) is 0 Å². The minimum absolute atomic E-state index is 0.0758. The van der Waals surface area contributed by atoms with Crippen LogP contribution >= 0.6 is 15.9 Å². The summed E-state index contributed by atoms with van der Waals surface area (Å²) in [6, 6.07) is 4.89. The molecule has 6 heteroatoms. The smallest absolute Gasteiger partial charge is 0.284 e. The zero-order valence-electron chi connectivity index (χ0n) is 11.5. The van der Waals surface area contributed by atoms with Crippen molar-refractivity contribution in [2.75, 3.05) is 0 Å². The molecule has 2 atom stereocenters. The average molecular weight is 341 g/mol. The van der Waals surface area contributed by atoms with Crippen molar-refractivity contribution in [3.05, 3.63) is 38.3 Å². The number of benzene rings is 1. The topological polar surface area (TPSA) is 63.5 Å². The molecule has 0 unspecified atom stereocenters. The minimum atomic E-state index is -0.482. The lowest BCUT2D eigenvalue weighted by atomic mass is 9.96. The molecule has 1 amide bonds. The van der Waals surface area contributed by atoms with Crippen molar-refractivity contribution >= 4 is 27.5 Å². The van der Waals surface area contributed by atoms with Gasteiger partial charge in [-0.3, -0.25) is 14.9 Å². The van der Waals surface area contributed by atoms with E-state index in [-0.39, 0.29) is 23.7 Å². The summed E-state index contributed by atoms with van der Waals surface area (Å²) >= 11 is 3.13. The van der Waals surface area contributed by atoms with Gasteiger partial charge in [0.25, 0.3) is 11.6 Å². The first kappa shape index (κ1) is 15.0. The lowest BCUT2D eigenvalue weighted by Gasteiger charge is -2.39. The van der Waals surface area contributed by atoms with Crippen molar-refractivity contribution in [3.8, 4) is 0 Å². The van der Waals surface area contributed by atoms with E-state index in [2.05, 4.69) is 15.9 Å². The number of piperidine rings is 1. The third kappa shape index (κ3) is 2.85. The highest BCUT2D eigenvalue weighted by molar-refractivity contribution is 9.10. The van der Waals surface area contributed by atoms with Gasteiger partial charge >= 0.3 is 0 Å². The van der Waals surface area contributed by atoms with Gasteiger partial charge in [0, 0.05) is 23.7 Å². The SMILES string of the molecule is C[C@@H]1CCC[C@H](C)N1C(=O)c1ccc(Br)c([N+](=O)[O-])c1. The highest BCUT2D eigenvalue weighted by Crippen LogP contribution is 2.29. The predicted octanol–water partition coefficient (Wildman–Crippen LogP) is 3.76. The standard InChI is InChI=1S/C14H17BrN2O3/c1-9-4-3-5-10(2)16(9)14(18)11-6-7-12(15)13(8-11)17(19)20/h6-10H,3-5H2,1-2H3/t9-,10+. The Morgan fingerprint density at radius 2 is 1.95 bits per heavy atom. The molecule has 0 N–H and O–H groups in total. The summed E-state index contributed by atoms with van der Waals surface area (Å²) in [6.07, 6.45) is 3.08. The number of amides is 1. The molecule has 20 heavy (non-hydrogen) atoms. The molecule has 108 valence electrons. The van der Waals surface area contributed by atoms with Crippen molar-refractivity contribution in [1.82, 2.24) is 4.90 Å². The van der Waals surface area contributed by atoms with E-state index in [1.165, 1.54) is 6.07 Å². The van der Waals surface area contributed by atoms with Crippen molar-refractivity contribution in [3.63, 3.8) is 0 Å². The molecule has 1 aromatic carbocycles. The lowest BCUT2D eigenvalue weighted by Crippen LogP contribution is -2.47. The van der Waals surface area contributed by atoms with Crippen molar-refractivity contribution < 1.29 is 9.72 Å². The predicted molar refractivity (Wildman–Crippen MR) is 79.7 cm³/mol. The number of likely N-dealkylation sites (tertiary alicyclic amines) is 1. The second-order valence-corrected chi connectivity index (χ2v) is 6.12. The number of rotatable bonds is 2. The van der Waals surface area contributed by atoms with Crippen LogP contribution in [0.3, 0.4) is 0 Å². The number of hydrogen-bond acceptors (Lipinski definition) is 3. The molecule has 0 aliphatic carbocycles. The van der Waals surface area contributed by atoms with Crippen LogP contribution < -0.4 is 0 Å². The summed E-state index contributed by atoms with van der Waals surface area (Å²) in [5, 5.41) is 11.0. The summed E-state index contributed by atoms with van der Waals surface area (Å²) < 4.78 is 0.388. The second-order valence-electron chi connectivity index (χ2n) is 5.26. The van der Waals surface area contributed by atoms with Crippen LogP contribution in [0.1, 0.15) is 43.5 Å². The normalized spacial score (nSPS) is 22.6. The molecular formula is C14H17BrN2O3. The largest absolute Gasteiger partial charge is 0.333 e. The van der Waals surface area contributed by atoms with E-state index in [1.54, 1.807) is 12.1 Å². The Labute approximate surface area is 126 Å². The molecule has 1 aliphatic rings. The fraction of sp³-hybridized carbons (Fsp3) is 0.500. The number of nitrogens with zero attached hydrogens (tertiary/aromatic N) is 2. The van der Waals surface area contributed by atoms with Crippen LogP contribution in [0.2, 0.25) is 0 Å². The van der Waals surface area contributed by atoms with E-state index in [9.17, 15) is 14.9 Å². The van der Waals surface area contributed by atoms with Crippen LogP contribution in [-0.4, -0.2) is 27.8 Å². The highest BCUT2D eigenvalue weighted by Gasteiger charge is 2.30. The maximum atomic E-state index is 12.6. The number of halogens is 1. The molecule has 1 aromatic rings. The number of nitro groups is 1. The third-order valence-electron chi connectivity index (χ3n) is 3.82. The van der Waals surface area contributed by atoms with Gasteiger partial charge in [-0.2, -0.15) is 0 Å². The van der Waals surface area contributed by atoms with Crippen molar-refractivity contribution in [2.45, 2.75) is 45.2 Å². The van der Waals surface area contributed by atoms with Crippen LogP contribution in [0.4, 0.5) is 5.69 Å². The van der Waals surface area contributed by atoms with Gasteiger partial charge in [-0.1, -0.05) is 0 Å². The Morgan fingerprint density at radius 1 is 1.35 bits per heavy atom. The van der Waals surface area contributed by atoms with Gasteiger partial charge in [0.1, 0.15) is 0 Å². The van der Waals surface area contributed by atoms with E-state index in [0.29, 0.717) is 10.0 Å². The summed E-state index contributed by atoms with van der Waals surface area (Å²) in [5.74, 6) is -0.125. The molecule has 1 aliphatic heterocycles. The van der Waals surface area contributed by atoms with Crippen LogP contribution in [0, 0.1) is 10.1 Å². The Kier molecular flexibility index (Phi) is 4.42. The molecule has 5 nitrogen and oxygen atoms in total. The number of carbonyl (C=O) groups excluding carboxylic acids is 1. The average Bonchev–Trinajstić information content (AvgIpc) is 2.38. The molecule has 2 rings (SSSR count). The minimum Gasteiger partial charge on any atom is -0.333 e. The highest BCUT2D eigenvalue weighted by atomic mass is 79.9. The molecule has 0 spiro atoms. The van der Waals surface area contributed by atoms with Crippen molar-refractivity contribution in [2.24, 2.45) is 0 Å². The van der Waals surface area contributed by atoms with E-state index < -0.39 is 4.92 Å². The van der Waals surface area contributed by atoms with E-state index in [0.717, 1.165) is 19.3 Å². The molecule has 0 aromatic heterocycles. The van der Waals surface area contributed by atoms with E-state index >= 15 is 0 Å². The van der Waals surface area contributed by atoms with E-state index in [4.69, 9.17) is 0 Å². The monoisotopic (exact) mass is 340 g/mol. The molecule has 0 bridgehead atoms. The van der Waals surface area contributed by atoms with Crippen molar-refractivity contribution in [1.29, 1.82) is 0 Å². The number of hydrogen-bond donors (Lipinski definition) is 0. The Bertz CT molecular complexity index is 537. The fourth-order valence-corrected chi connectivity index (χ4v) is 3.15. The van der Waals surface area contributed by atoms with Gasteiger partial charge in [-0.05, 0) is 61.2 Å². The van der Waals surface area contributed by atoms with Gasteiger partial charge < -0.3 is 4.90 Å². The second kappa shape index (κ2) is 5.91. The third-order valence-corrected chi connectivity index (χ3v) is 4.49. The van der Waals surface area contributed by atoms with Crippen LogP contribution in [0.5, 0.6) is 0 Å². The molecule has 1 fully saturated rings. The fourth-order valence-electron chi connectivity index (χ4n) is 2.76. The Hall–Kier alpha value is -1.43. The lowest BCUT2D eigenvalue weighted by molar-refractivity contribution is -0.385.